The maximum atomic E-state index is 13.4. The molecule has 148 valence electrons. The molecule has 2 fully saturated rings. The minimum absolute atomic E-state index is 0.171. The topological polar surface area (TPSA) is 32.8 Å². The van der Waals surface area contributed by atoms with E-state index >= 15 is 0 Å². The monoisotopic (exact) mass is 396 g/mol. The number of thioether (sulfide) groups is 1. The largest absolute Gasteiger partial charge is 0.382 e. The van der Waals surface area contributed by atoms with Gasteiger partial charge in [-0.2, -0.15) is 11.8 Å². The average Bonchev–Trinajstić information content (AvgIpc) is 3.24. The quantitative estimate of drug-likeness (QED) is 0.490. The number of benzene rings is 2. The van der Waals surface area contributed by atoms with Gasteiger partial charge in [0.1, 0.15) is 0 Å². The van der Waals surface area contributed by atoms with Crippen LogP contribution in [-0.2, 0) is 17.8 Å². The van der Waals surface area contributed by atoms with Crippen molar-refractivity contribution in [2.75, 3.05) is 19.0 Å². The van der Waals surface area contributed by atoms with E-state index in [2.05, 4.69) is 34.1 Å². The number of ether oxygens (including phenoxy) is 1. The fraction of sp³-hybridized carbons (Fsp3) is 0.435. The molecule has 2 aromatic carbocycles. The van der Waals surface area contributed by atoms with Crippen molar-refractivity contribution in [1.82, 2.24) is 9.80 Å². The summed E-state index contributed by atoms with van der Waals surface area (Å²) in [7, 11) is 0. The van der Waals surface area contributed by atoms with Gasteiger partial charge >= 0.3 is 6.03 Å². The molecule has 0 N–H and O–H groups in total. The maximum absolute atomic E-state index is 13.4. The third-order valence-corrected chi connectivity index (χ3v) is 7.13. The smallest absolute Gasteiger partial charge is 0.321 e. The predicted octanol–water partition coefficient (Wildman–Crippen LogP) is 4.40. The minimum atomic E-state index is 0.171. The molecular weight excluding hydrogens is 368 g/mol. The van der Waals surface area contributed by atoms with Crippen LogP contribution in [0.5, 0.6) is 0 Å². The third kappa shape index (κ3) is 4.06. The summed E-state index contributed by atoms with van der Waals surface area (Å²) in [5.41, 5.74) is 2.38. The van der Waals surface area contributed by atoms with E-state index < -0.39 is 0 Å². The molecule has 3 atom stereocenters. The SMILES string of the molecule is CCOCCC1SCC2C1N(Cc1ccccc1)C(=O)N2Cc1ccccc1. The first kappa shape index (κ1) is 19.3. The number of nitrogens with zero attached hydrogens (tertiary/aromatic N) is 2. The second-order valence-electron chi connectivity index (χ2n) is 7.42. The molecule has 2 saturated heterocycles. The van der Waals surface area contributed by atoms with E-state index in [1.807, 2.05) is 55.1 Å². The summed E-state index contributed by atoms with van der Waals surface area (Å²) in [4.78, 5) is 17.6. The average molecular weight is 397 g/mol. The minimum Gasteiger partial charge on any atom is -0.382 e. The van der Waals surface area contributed by atoms with Gasteiger partial charge in [-0.15, -0.1) is 0 Å². The van der Waals surface area contributed by atoms with Crippen LogP contribution < -0.4 is 0 Å². The van der Waals surface area contributed by atoms with Crippen molar-refractivity contribution in [3.05, 3.63) is 71.8 Å². The number of rotatable bonds is 8. The number of carbonyl (C=O) groups is 1. The highest BCUT2D eigenvalue weighted by molar-refractivity contribution is 8.00. The number of amides is 2. The molecule has 2 aliphatic rings. The highest BCUT2D eigenvalue weighted by atomic mass is 32.2. The van der Waals surface area contributed by atoms with E-state index in [1.54, 1.807) is 0 Å². The Morgan fingerprint density at radius 1 is 0.964 bits per heavy atom. The van der Waals surface area contributed by atoms with Crippen LogP contribution in [0.2, 0.25) is 0 Å². The van der Waals surface area contributed by atoms with Crippen molar-refractivity contribution in [3.8, 4) is 0 Å². The zero-order valence-corrected chi connectivity index (χ0v) is 17.2. The molecule has 0 bridgehead atoms. The molecule has 5 heteroatoms. The van der Waals surface area contributed by atoms with Crippen molar-refractivity contribution in [2.45, 2.75) is 43.8 Å². The van der Waals surface area contributed by atoms with Crippen molar-refractivity contribution < 1.29 is 9.53 Å². The summed E-state index contributed by atoms with van der Waals surface area (Å²) in [5.74, 6) is 1.01. The summed E-state index contributed by atoms with van der Waals surface area (Å²) in [6.45, 7) is 4.91. The lowest BCUT2D eigenvalue weighted by molar-refractivity contribution is 0.136. The lowest BCUT2D eigenvalue weighted by Crippen LogP contribution is -2.40. The molecule has 0 spiro atoms. The summed E-state index contributed by atoms with van der Waals surface area (Å²) in [5, 5.41) is 0.435. The molecule has 2 aliphatic heterocycles. The van der Waals surface area contributed by atoms with Crippen LogP contribution in [0.4, 0.5) is 4.79 Å². The summed E-state index contributed by atoms with van der Waals surface area (Å²) in [6, 6.07) is 21.4. The van der Waals surface area contributed by atoms with Gasteiger partial charge in [-0.3, -0.25) is 0 Å². The van der Waals surface area contributed by atoms with E-state index in [9.17, 15) is 4.79 Å². The van der Waals surface area contributed by atoms with Crippen molar-refractivity contribution in [2.24, 2.45) is 0 Å². The number of hydrogen-bond acceptors (Lipinski definition) is 3. The Hall–Kier alpha value is -1.98. The van der Waals surface area contributed by atoms with Crippen LogP contribution in [0, 0.1) is 0 Å². The van der Waals surface area contributed by atoms with Gasteiger partial charge in [0.2, 0.25) is 0 Å². The van der Waals surface area contributed by atoms with Gasteiger partial charge in [0.25, 0.3) is 0 Å². The highest BCUT2D eigenvalue weighted by Gasteiger charge is 2.52. The molecule has 4 rings (SSSR count). The molecule has 2 aromatic rings. The van der Waals surface area contributed by atoms with Gasteiger partial charge in [-0.1, -0.05) is 60.7 Å². The van der Waals surface area contributed by atoms with Gasteiger partial charge in [-0.05, 0) is 24.5 Å². The van der Waals surface area contributed by atoms with E-state index in [-0.39, 0.29) is 18.1 Å². The Bertz CT molecular complexity index is 771. The Morgan fingerprint density at radius 3 is 2.18 bits per heavy atom. The summed E-state index contributed by atoms with van der Waals surface area (Å²) < 4.78 is 5.62. The number of hydrogen-bond donors (Lipinski definition) is 0. The van der Waals surface area contributed by atoms with Crippen molar-refractivity contribution in [1.29, 1.82) is 0 Å². The Morgan fingerprint density at radius 2 is 1.57 bits per heavy atom. The zero-order valence-electron chi connectivity index (χ0n) is 16.4. The molecule has 2 amide bonds. The van der Waals surface area contributed by atoms with Crippen LogP contribution in [0.15, 0.2) is 60.7 Å². The molecule has 3 unspecified atom stereocenters. The number of fused-ring (bicyclic) bond motifs is 1. The van der Waals surface area contributed by atoms with Crippen LogP contribution in [0.3, 0.4) is 0 Å². The Kier molecular flexibility index (Phi) is 6.23. The first-order chi connectivity index (χ1) is 13.8. The lowest BCUT2D eigenvalue weighted by atomic mass is 10.0. The van der Waals surface area contributed by atoms with E-state index in [0.717, 1.165) is 25.4 Å². The van der Waals surface area contributed by atoms with E-state index in [4.69, 9.17) is 4.74 Å². The first-order valence-electron chi connectivity index (χ1n) is 10.1. The van der Waals surface area contributed by atoms with Crippen molar-refractivity contribution in [3.63, 3.8) is 0 Å². The van der Waals surface area contributed by atoms with Crippen molar-refractivity contribution >= 4 is 17.8 Å². The molecule has 0 aliphatic carbocycles. The standard InChI is InChI=1S/C23H28N2O2S/c1-2-27-14-13-21-22-20(17-28-21)24(15-18-9-5-3-6-10-18)23(26)25(22)16-19-11-7-4-8-12-19/h3-12,20-22H,2,13-17H2,1H3. The van der Waals surface area contributed by atoms with Crippen LogP contribution in [-0.4, -0.2) is 52.1 Å². The van der Waals surface area contributed by atoms with Gasteiger partial charge in [0.05, 0.1) is 12.1 Å². The Balaban J connectivity index is 1.56. The van der Waals surface area contributed by atoms with Crippen LogP contribution in [0.1, 0.15) is 24.5 Å². The zero-order chi connectivity index (χ0) is 19.3. The number of carbonyl (C=O) groups excluding carboxylic acids is 1. The molecule has 2 heterocycles. The van der Waals surface area contributed by atoms with Crippen LogP contribution >= 0.6 is 11.8 Å². The second kappa shape index (κ2) is 9.01. The van der Waals surface area contributed by atoms with Gasteiger partial charge < -0.3 is 14.5 Å². The maximum Gasteiger partial charge on any atom is 0.321 e. The summed E-state index contributed by atoms with van der Waals surface area (Å²) >= 11 is 2.00. The molecular formula is C23H28N2O2S. The van der Waals surface area contributed by atoms with E-state index in [0.29, 0.717) is 18.3 Å². The predicted molar refractivity (Wildman–Crippen MR) is 114 cm³/mol. The summed E-state index contributed by atoms with van der Waals surface area (Å²) in [6.07, 6.45) is 0.997. The highest BCUT2D eigenvalue weighted by Crippen LogP contribution is 2.42. The fourth-order valence-corrected chi connectivity index (χ4v) is 5.91. The molecule has 0 aromatic heterocycles. The van der Waals surface area contributed by atoms with Gasteiger partial charge in [0.15, 0.2) is 0 Å². The fourth-order valence-electron chi connectivity index (χ4n) is 4.30. The molecule has 4 nitrogen and oxygen atoms in total. The van der Waals surface area contributed by atoms with Gasteiger partial charge in [-0.25, -0.2) is 4.79 Å². The molecule has 28 heavy (non-hydrogen) atoms. The first-order valence-corrected chi connectivity index (χ1v) is 11.2. The second-order valence-corrected chi connectivity index (χ2v) is 8.70. The molecule has 0 saturated carbocycles. The van der Waals surface area contributed by atoms with Crippen LogP contribution in [0.25, 0.3) is 0 Å². The normalized spacial score (nSPS) is 24.0. The molecule has 0 radical (unpaired) electrons. The lowest BCUT2D eigenvalue weighted by Gasteiger charge is -2.27. The number of urea groups is 1. The van der Waals surface area contributed by atoms with Gasteiger partial charge in [0, 0.05) is 37.3 Å². The third-order valence-electron chi connectivity index (χ3n) is 5.65. The van der Waals surface area contributed by atoms with E-state index in [1.165, 1.54) is 11.1 Å². The Labute approximate surface area is 171 Å².